The summed E-state index contributed by atoms with van der Waals surface area (Å²) in [6.45, 7) is 0. The zero-order chi connectivity index (χ0) is 10.7. The molecule has 15 heavy (non-hydrogen) atoms. The molecule has 1 aromatic carbocycles. The molecule has 0 atom stereocenters. The van der Waals surface area contributed by atoms with Gasteiger partial charge in [0.1, 0.15) is 5.75 Å². The molecule has 6 nitrogen and oxygen atoms in total. The van der Waals surface area contributed by atoms with Crippen LogP contribution in [0.3, 0.4) is 0 Å². The molecular weight excluding hydrogens is 196 g/mol. The highest BCUT2D eigenvalue weighted by Gasteiger charge is 2.06. The molecule has 0 unspecified atom stereocenters. The van der Waals surface area contributed by atoms with Crippen molar-refractivity contribution in [1.82, 2.24) is 10.1 Å². The van der Waals surface area contributed by atoms with Gasteiger partial charge in [-0.1, -0.05) is 5.16 Å². The van der Waals surface area contributed by atoms with E-state index < -0.39 is 0 Å². The van der Waals surface area contributed by atoms with E-state index in [9.17, 15) is 0 Å². The van der Waals surface area contributed by atoms with Crippen LogP contribution in [-0.4, -0.2) is 17.3 Å². The molecule has 0 radical (unpaired) electrons. The summed E-state index contributed by atoms with van der Waals surface area (Å²) in [5.41, 5.74) is 3.11. The fourth-order valence-electron chi connectivity index (χ4n) is 1.14. The quantitative estimate of drug-likeness (QED) is 0.576. The topological polar surface area (TPSA) is 86.2 Å². The first-order valence-corrected chi connectivity index (χ1v) is 4.28. The number of nitrogens with one attached hydrogen (secondary N) is 1. The van der Waals surface area contributed by atoms with Gasteiger partial charge in [-0.3, -0.25) is 5.43 Å². The molecule has 0 amide bonds. The molecule has 2 rings (SSSR count). The second-order valence-electron chi connectivity index (χ2n) is 2.80. The zero-order valence-corrected chi connectivity index (χ0v) is 8.10. The Labute approximate surface area is 86.0 Å². The molecule has 1 aromatic heterocycles. The van der Waals surface area contributed by atoms with Crippen molar-refractivity contribution < 1.29 is 9.26 Å². The number of nitrogen functional groups attached to an aromatic ring is 1. The second kappa shape index (κ2) is 3.97. The van der Waals surface area contributed by atoms with Gasteiger partial charge in [-0.05, 0) is 24.3 Å². The van der Waals surface area contributed by atoms with Gasteiger partial charge >= 0.3 is 6.01 Å². The van der Waals surface area contributed by atoms with Crippen molar-refractivity contribution in [1.29, 1.82) is 0 Å². The van der Waals surface area contributed by atoms with Crippen molar-refractivity contribution >= 4 is 6.01 Å². The van der Waals surface area contributed by atoms with Crippen molar-refractivity contribution in [2.75, 3.05) is 12.5 Å². The lowest BCUT2D eigenvalue weighted by atomic mass is 10.2. The first-order valence-electron chi connectivity index (χ1n) is 4.28. The van der Waals surface area contributed by atoms with Gasteiger partial charge in [0.05, 0.1) is 7.11 Å². The number of methoxy groups -OCH3 is 1. The lowest BCUT2D eigenvalue weighted by Crippen LogP contribution is -2.06. The summed E-state index contributed by atoms with van der Waals surface area (Å²) < 4.78 is 9.83. The van der Waals surface area contributed by atoms with E-state index in [1.807, 2.05) is 24.3 Å². The minimum absolute atomic E-state index is 0.181. The average molecular weight is 206 g/mol. The van der Waals surface area contributed by atoms with E-state index in [2.05, 4.69) is 15.6 Å². The highest BCUT2D eigenvalue weighted by molar-refractivity contribution is 5.56. The monoisotopic (exact) mass is 206 g/mol. The van der Waals surface area contributed by atoms with E-state index in [-0.39, 0.29) is 6.01 Å². The van der Waals surface area contributed by atoms with Crippen LogP contribution in [0.4, 0.5) is 6.01 Å². The van der Waals surface area contributed by atoms with Gasteiger partial charge in [0.15, 0.2) is 0 Å². The van der Waals surface area contributed by atoms with Gasteiger partial charge in [0, 0.05) is 5.56 Å². The Hall–Kier alpha value is -2.08. The molecule has 3 N–H and O–H groups in total. The summed E-state index contributed by atoms with van der Waals surface area (Å²) in [7, 11) is 1.61. The summed E-state index contributed by atoms with van der Waals surface area (Å²) in [6, 6.07) is 7.50. The largest absolute Gasteiger partial charge is 0.497 e. The normalized spacial score (nSPS) is 10.0. The van der Waals surface area contributed by atoms with E-state index in [0.29, 0.717) is 5.82 Å². The number of hydrogen-bond donors (Lipinski definition) is 2. The van der Waals surface area contributed by atoms with E-state index in [1.165, 1.54) is 0 Å². The van der Waals surface area contributed by atoms with Crippen LogP contribution in [0.5, 0.6) is 5.75 Å². The fraction of sp³-hybridized carbons (Fsp3) is 0.111. The summed E-state index contributed by atoms with van der Waals surface area (Å²) in [6.07, 6.45) is 0. The number of aromatic nitrogens is 2. The number of ether oxygens (including phenoxy) is 1. The molecule has 0 aliphatic heterocycles. The number of nitrogens with zero attached hydrogens (tertiary/aromatic N) is 2. The van der Waals surface area contributed by atoms with Crippen molar-refractivity contribution in [3.63, 3.8) is 0 Å². The molecule has 1 heterocycles. The Morgan fingerprint density at radius 3 is 2.60 bits per heavy atom. The van der Waals surface area contributed by atoms with Crippen LogP contribution in [0.25, 0.3) is 11.4 Å². The summed E-state index contributed by atoms with van der Waals surface area (Å²) >= 11 is 0. The van der Waals surface area contributed by atoms with Crippen LogP contribution in [0.15, 0.2) is 28.8 Å². The number of rotatable bonds is 3. The Morgan fingerprint density at radius 1 is 1.33 bits per heavy atom. The van der Waals surface area contributed by atoms with E-state index >= 15 is 0 Å². The highest BCUT2D eigenvalue weighted by Crippen LogP contribution is 2.20. The number of hydrazine groups is 1. The average Bonchev–Trinajstić information content (AvgIpc) is 2.78. The van der Waals surface area contributed by atoms with E-state index in [4.69, 9.17) is 15.1 Å². The fourth-order valence-corrected chi connectivity index (χ4v) is 1.14. The first kappa shape index (κ1) is 9.47. The minimum atomic E-state index is 0.181. The zero-order valence-electron chi connectivity index (χ0n) is 8.10. The van der Waals surface area contributed by atoms with Crippen molar-refractivity contribution in [3.8, 4) is 17.1 Å². The first-order chi connectivity index (χ1) is 7.33. The van der Waals surface area contributed by atoms with Crippen LogP contribution in [0.2, 0.25) is 0 Å². The smallest absolute Gasteiger partial charge is 0.335 e. The highest BCUT2D eigenvalue weighted by atomic mass is 16.5. The third-order valence-corrected chi connectivity index (χ3v) is 1.90. The van der Waals surface area contributed by atoms with Gasteiger partial charge in [-0.2, -0.15) is 4.98 Å². The third-order valence-electron chi connectivity index (χ3n) is 1.90. The summed E-state index contributed by atoms with van der Waals surface area (Å²) in [5, 5.41) is 3.74. The molecule has 2 aromatic rings. The summed E-state index contributed by atoms with van der Waals surface area (Å²) in [5.74, 6) is 6.38. The standard InChI is InChI=1S/C9H10N4O2/c1-14-7-4-2-6(3-5-7)8-11-9(12-10)15-13-8/h2-5H,10H2,1H3,(H,11,12,13). The predicted octanol–water partition coefficient (Wildman–Crippen LogP) is 1.03. The number of hydrogen-bond acceptors (Lipinski definition) is 6. The Balaban J connectivity index is 2.28. The Kier molecular flexibility index (Phi) is 2.51. The van der Waals surface area contributed by atoms with Gasteiger partial charge < -0.3 is 9.26 Å². The van der Waals surface area contributed by atoms with E-state index in [1.54, 1.807) is 7.11 Å². The van der Waals surface area contributed by atoms with Crippen molar-refractivity contribution in [2.24, 2.45) is 5.84 Å². The molecule has 0 fully saturated rings. The van der Waals surface area contributed by atoms with Gasteiger partial charge in [0.2, 0.25) is 5.82 Å². The molecular formula is C9H10N4O2. The molecule has 0 aliphatic rings. The molecule has 78 valence electrons. The minimum Gasteiger partial charge on any atom is -0.497 e. The molecule has 6 heteroatoms. The van der Waals surface area contributed by atoms with Crippen LogP contribution in [0.1, 0.15) is 0 Å². The predicted molar refractivity (Wildman–Crippen MR) is 54.1 cm³/mol. The van der Waals surface area contributed by atoms with Gasteiger partial charge in [-0.15, -0.1) is 0 Å². The van der Waals surface area contributed by atoms with Gasteiger partial charge in [0.25, 0.3) is 0 Å². The number of anilines is 1. The molecule has 0 saturated carbocycles. The maximum absolute atomic E-state index is 5.12. The third kappa shape index (κ3) is 1.89. The Morgan fingerprint density at radius 2 is 2.07 bits per heavy atom. The van der Waals surface area contributed by atoms with Gasteiger partial charge in [-0.25, -0.2) is 5.84 Å². The molecule has 0 bridgehead atoms. The lowest BCUT2D eigenvalue weighted by Gasteiger charge is -1.98. The Bertz CT molecular complexity index is 438. The second-order valence-corrected chi connectivity index (χ2v) is 2.80. The van der Waals surface area contributed by atoms with E-state index in [0.717, 1.165) is 11.3 Å². The van der Waals surface area contributed by atoms with Crippen LogP contribution in [-0.2, 0) is 0 Å². The maximum atomic E-state index is 5.12. The number of nitrogens with two attached hydrogens (primary N) is 1. The SMILES string of the molecule is COc1ccc(-c2noc(NN)n2)cc1. The maximum Gasteiger partial charge on any atom is 0.335 e. The van der Waals surface area contributed by atoms with Crippen LogP contribution < -0.4 is 16.0 Å². The lowest BCUT2D eigenvalue weighted by molar-refractivity contribution is 0.415. The molecule has 0 spiro atoms. The molecule has 0 saturated heterocycles. The summed E-state index contributed by atoms with van der Waals surface area (Å²) in [4.78, 5) is 4.00. The van der Waals surface area contributed by atoms with Crippen molar-refractivity contribution in [2.45, 2.75) is 0 Å². The van der Waals surface area contributed by atoms with Crippen LogP contribution in [0, 0.1) is 0 Å². The van der Waals surface area contributed by atoms with Crippen LogP contribution >= 0.6 is 0 Å². The number of benzene rings is 1. The molecule has 0 aliphatic carbocycles. The van der Waals surface area contributed by atoms with Crippen molar-refractivity contribution in [3.05, 3.63) is 24.3 Å².